The molecule has 126 valence electrons. The minimum absolute atomic E-state index is 0.289. The number of nitrogens with one attached hydrogen (secondary N) is 3. The Balaban J connectivity index is 1.78. The zero-order chi connectivity index (χ0) is 16.7. The largest absolute Gasteiger partial charge is 0.334 e. The van der Waals surface area contributed by atoms with E-state index in [1.807, 2.05) is 0 Å². The van der Waals surface area contributed by atoms with E-state index in [0.29, 0.717) is 34.7 Å². The summed E-state index contributed by atoms with van der Waals surface area (Å²) in [6.07, 6.45) is 4.95. The van der Waals surface area contributed by atoms with E-state index in [2.05, 4.69) is 10.3 Å². The molecule has 24 heavy (non-hydrogen) atoms. The predicted molar refractivity (Wildman–Crippen MR) is 93.1 cm³/mol. The molecule has 2 heterocycles. The normalized spacial score (nSPS) is 20.6. The van der Waals surface area contributed by atoms with Crippen molar-refractivity contribution in [1.29, 1.82) is 0 Å². The number of fused-ring (bicyclic) bond motifs is 1. The number of anilines is 1. The van der Waals surface area contributed by atoms with E-state index in [4.69, 9.17) is 11.6 Å². The van der Waals surface area contributed by atoms with E-state index >= 15 is 0 Å². The number of quaternary nitrogens is 1. The van der Waals surface area contributed by atoms with Crippen LogP contribution in [0.1, 0.15) is 31.2 Å². The molecule has 2 aliphatic rings. The Bertz CT molecular complexity index is 866. The van der Waals surface area contributed by atoms with Gasteiger partial charge in [0, 0.05) is 5.02 Å². The van der Waals surface area contributed by atoms with Crippen molar-refractivity contribution in [3.05, 3.63) is 55.7 Å². The number of H-pyrrole nitrogens is 1. The zero-order valence-electron chi connectivity index (χ0n) is 13.3. The van der Waals surface area contributed by atoms with E-state index in [-0.39, 0.29) is 5.56 Å². The third-order valence-electron chi connectivity index (χ3n) is 5.11. The highest BCUT2D eigenvalue weighted by molar-refractivity contribution is 6.30. The van der Waals surface area contributed by atoms with Crippen LogP contribution in [0, 0.1) is 0 Å². The molecule has 1 fully saturated rings. The van der Waals surface area contributed by atoms with Crippen LogP contribution in [0.4, 0.5) is 5.82 Å². The molecule has 1 saturated carbocycles. The van der Waals surface area contributed by atoms with Gasteiger partial charge in [-0.05, 0) is 49.9 Å². The Morgan fingerprint density at radius 1 is 1.12 bits per heavy atom. The van der Waals surface area contributed by atoms with E-state index in [1.54, 1.807) is 24.3 Å². The van der Waals surface area contributed by atoms with Crippen LogP contribution >= 0.6 is 11.6 Å². The van der Waals surface area contributed by atoms with Crippen LogP contribution in [0.2, 0.25) is 5.02 Å². The van der Waals surface area contributed by atoms with Crippen molar-refractivity contribution in [3.8, 4) is 5.69 Å². The van der Waals surface area contributed by atoms with E-state index in [1.165, 1.54) is 35.2 Å². The fourth-order valence-corrected chi connectivity index (χ4v) is 3.99. The molecule has 0 amide bonds. The Kier molecular flexibility index (Phi) is 3.94. The average molecular weight is 348 g/mol. The molecule has 2 aromatic rings. The number of benzene rings is 1. The van der Waals surface area contributed by atoms with E-state index in [9.17, 15) is 9.59 Å². The van der Waals surface area contributed by atoms with Gasteiger partial charge in [-0.3, -0.25) is 9.78 Å². The highest BCUT2D eigenvalue weighted by Gasteiger charge is 2.32. The summed E-state index contributed by atoms with van der Waals surface area (Å²) in [7, 11) is 0. The number of aromatic amines is 1. The maximum atomic E-state index is 12.4. The first-order valence-corrected chi connectivity index (χ1v) is 8.74. The SMILES string of the molecule is O=c1[nH]c(=O)n(-c2ccc(Cl)cc2)c2c1C[NH+](C1CCCC1)CN2. The quantitative estimate of drug-likeness (QED) is 0.755. The lowest BCUT2D eigenvalue weighted by atomic mass is 10.1. The summed E-state index contributed by atoms with van der Waals surface area (Å²) in [4.78, 5) is 28.5. The van der Waals surface area contributed by atoms with Gasteiger partial charge in [0.25, 0.3) is 5.56 Å². The third kappa shape index (κ3) is 2.65. The molecular weight excluding hydrogens is 328 g/mol. The maximum absolute atomic E-state index is 12.4. The minimum Gasteiger partial charge on any atom is -0.324 e. The van der Waals surface area contributed by atoms with E-state index < -0.39 is 5.69 Å². The summed E-state index contributed by atoms with van der Waals surface area (Å²) < 4.78 is 1.53. The highest BCUT2D eigenvalue weighted by Crippen LogP contribution is 2.20. The summed E-state index contributed by atoms with van der Waals surface area (Å²) in [5.41, 5.74) is 0.618. The Labute approximate surface area is 144 Å². The lowest BCUT2D eigenvalue weighted by Gasteiger charge is -2.31. The van der Waals surface area contributed by atoms with Gasteiger partial charge in [0.1, 0.15) is 17.9 Å². The lowest BCUT2D eigenvalue weighted by molar-refractivity contribution is -0.936. The lowest BCUT2D eigenvalue weighted by Crippen LogP contribution is -3.16. The Hall–Kier alpha value is -2.05. The number of halogens is 1. The molecule has 0 spiro atoms. The van der Waals surface area contributed by atoms with Gasteiger partial charge in [0.05, 0.1) is 11.7 Å². The second kappa shape index (κ2) is 6.11. The van der Waals surface area contributed by atoms with Gasteiger partial charge >= 0.3 is 5.69 Å². The van der Waals surface area contributed by atoms with Crippen molar-refractivity contribution in [2.75, 3.05) is 12.0 Å². The van der Waals surface area contributed by atoms with Crippen molar-refractivity contribution in [3.63, 3.8) is 0 Å². The first-order valence-electron chi connectivity index (χ1n) is 8.36. The number of hydrogen-bond donors (Lipinski definition) is 3. The van der Waals surface area contributed by atoms with Crippen LogP contribution < -0.4 is 21.5 Å². The summed E-state index contributed by atoms with van der Waals surface area (Å²) in [6.45, 7) is 1.38. The standard InChI is InChI=1S/C17H19ClN4O2/c18-11-5-7-13(8-6-11)22-15-14(16(23)20-17(22)24)9-21(10-19-15)12-3-1-2-4-12/h5-8,12,19H,1-4,9-10H2,(H,20,23,24)/p+1. The minimum atomic E-state index is -0.433. The van der Waals surface area contributed by atoms with Crippen molar-refractivity contribution < 1.29 is 4.90 Å². The first-order chi connectivity index (χ1) is 11.6. The van der Waals surface area contributed by atoms with Crippen LogP contribution in [-0.4, -0.2) is 22.3 Å². The van der Waals surface area contributed by atoms with E-state index in [0.717, 1.165) is 6.67 Å². The van der Waals surface area contributed by atoms with Crippen molar-refractivity contribution >= 4 is 17.4 Å². The van der Waals surface area contributed by atoms with Gasteiger partial charge in [0.15, 0.2) is 6.67 Å². The van der Waals surface area contributed by atoms with Gasteiger partial charge in [-0.2, -0.15) is 0 Å². The molecule has 1 aromatic heterocycles. The van der Waals surface area contributed by atoms with Crippen LogP contribution in [0.15, 0.2) is 33.9 Å². The predicted octanol–water partition coefficient (Wildman–Crippen LogP) is 0.890. The Morgan fingerprint density at radius 2 is 1.83 bits per heavy atom. The van der Waals surface area contributed by atoms with Gasteiger partial charge in [-0.25, -0.2) is 9.36 Å². The van der Waals surface area contributed by atoms with Crippen LogP contribution in [-0.2, 0) is 6.54 Å². The Morgan fingerprint density at radius 3 is 2.54 bits per heavy atom. The van der Waals surface area contributed by atoms with Crippen LogP contribution in [0.25, 0.3) is 5.69 Å². The molecule has 0 bridgehead atoms. The fourth-order valence-electron chi connectivity index (χ4n) is 3.87. The number of nitrogens with zero attached hydrogens (tertiary/aromatic N) is 1. The van der Waals surface area contributed by atoms with Gasteiger partial charge in [-0.15, -0.1) is 0 Å². The van der Waals surface area contributed by atoms with Crippen molar-refractivity contribution in [2.45, 2.75) is 38.3 Å². The molecule has 1 unspecified atom stereocenters. The molecule has 7 heteroatoms. The summed E-state index contributed by atoms with van der Waals surface area (Å²) in [5, 5.41) is 3.93. The molecule has 1 aromatic carbocycles. The van der Waals surface area contributed by atoms with Gasteiger partial charge < -0.3 is 10.2 Å². The molecule has 0 radical (unpaired) electrons. The molecule has 1 aliphatic carbocycles. The molecule has 4 rings (SSSR count). The average Bonchev–Trinajstić information content (AvgIpc) is 3.11. The summed E-state index contributed by atoms with van der Waals surface area (Å²) >= 11 is 5.94. The van der Waals surface area contributed by atoms with Crippen LogP contribution in [0.3, 0.4) is 0 Å². The third-order valence-corrected chi connectivity index (χ3v) is 5.36. The zero-order valence-corrected chi connectivity index (χ0v) is 14.0. The number of hydrogen-bond acceptors (Lipinski definition) is 3. The van der Waals surface area contributed by atoms with Gasteiger partial charge in [-0.1, -0.05) is 11.6 Å². The van der Waals surface area contributed by atoms with Crippen molar-refractivity contribution in [1.82, 2.24) is 9.55 Å². The van der Waals surface area contributed by atoms with Gasteiger partial charge in [0.2, 0.25) is 0 Å². The first kappa shape index (κ1) is 15.5. The second-order valence-corrected chi connectivity index (χ2v) is 7.00. The van der Waals surface area contributed by atoms with Crippen molar-refractivity contribution in [2.24, 2.45) is 0 Å². The highest BCUT2D eigenvalue weighted by atomic mass is 35.5. The van der Waals surface area contributed by atoms with Crippen LogP contribution in [0.5, 0.6) is 0 Å². The number of rotatable bonds is 2. The monoisotopic (exact) mass is 347 g/mol. The molecular formula is C17H20ClN4O2+. The molecule has 3 N–H and O–H groups in total. The fraction of sp³-hybridized carbons (Fsp3) is 0.412. The molecule has 1 atom stereocenters. The topological polar surface area (TPSA) is 71.3 Å². The molecule has 6 nitrogen and oxygen atoms in total. The smallest absolute Gasteiger partial charge is 0.324 e. The summed E-state index contributed by atoms with van der Waals surface area (Å²) in [5.74, 6) is 0.604. The maximum Gasteiger partial charge on any atom is 0.334 e. The molecule has 1 aliphatic heterocycles. The number of aromatic nitrogens is 2. The molecule has 0 saturated heterocycles. The second-order valence-electron chi connectivity index (χ2n) is 6.57. The summed E-state index contributed by atoms with van der Waals surface area (Å²) in [6, 6.07) is 7.63.